The second-order valence-corrected chi connectivity index (χ2v) is 6.10. The SMILES string of the molecule is COc1cccc(Nc2nc(C)cc(C(=O)Nc3ccc(OC)c(OC)c3)n2)c1. The van der Waals surface area contributed by atoms with Crippen molar-refractivity contribution < 1.29 is 19.0 Å². The minimum absolute atomic E-state index is 0.234. The van der Waals surface area contributed by atoms with E-state index in [0.29, 0.717) is 34.6 Å². The van der Waals surface area contributed by atoms with Crippen molar-refractivity contribution in [3.8, 4) is 17.2 Å². The first-order chi connectivity index (χ1) is 14.0. The van der Waals surface area contributed by atoms with Crippen LogP contribution in [0.25, 0.3) is 0 Å². The molecule has 0 bridgehead atoms. The maximum atomic E-state index is 12.7. The van der Waals surface area contributed by atoms with Gasteiger partial charge < -0.3 is 24.8 Å². The zero-order valence-electron chi connectivity index (χ0n) is 16.6. The number of benzene rings is 2. The predicted molar refractivity (Wildman–Crippen MR) is 111 cm³/mol. The second-order valence-electron chi connectivity index (χ2n) is 6.10. The predicted octanol–water partition coefficient (Wildman–Crippen LogP) is 3.81. The summed E-state index contributed by atoms with van der Waals surface area (Å²) < 4.78 is 15.7. The molecule has 0 radical (unpaired) electrons. The molecule has 1 heterocycles. The summed E-state index contributed by atoms with van der Waals surface area (Å²) >= 11 is 0. The number of amides is 1. The first-order valence-electron chi connectivity index (χ1n) is 8.82. The number of carbonyl (C=O) groups is 1. The third kappa shape index (κ3) is 4.92. The fourth-order valence-corrected chi connectivity index (χ4v) is 2.68. The maximum absolute atomic E-state index is 12.7. The summed E-state index contributed by atoms with van der Waals surface area (Å²) in [4.78, 5) is 21.4. The lowest BCUT2D eigenvalue weighted by Crippen LogP contribution is -2.15. The molecule has 0 atom stereocenters. The Hall–Kier alpha value is -3.81. The van der Waals surface area contributed by atoms with E-state index in [1.54, 1.807) is 45.4 Å². The molecule has 29 heavy (non-hydrogen) atoms. The summed E-state index contributed by atoms with van der Waals surface area (Å²) in [5, 5.41) is 5.90. The van der Waals surface area contributed by atoms with Crippen LogP contribution in [0.3, 0.4) is 0 Å². The molecule has 1 aromatic heterocycles. The number of aryl methyl sites for hydroxylation is 1. The first kappa shape index (κ1) is 19.9. The Balaban J connectivity index is 1.80. The van der Waals surface area contributed by atoms with Crippen molar-refractivity contribution >= 4 is 23.2 Å². The van der Waals surface area contributed by atoms with Crippen LogP contribution in [0.2, 0.25) is 0 Å². The minimum atomic E-state index is -0.364. The monoisotopic (exact) mass is 394 g/mol. The highest BCUT2D eigenvalue weighted by Gasteiger charge is 2.13. The van der Waals surface area contributed by atoms with Gasteiger partial charge in [0.1, 0.15) is 11.4 Å². The van der Waals surface area contributed by atoms with Gasteiger partial charge in [0, 0.05) is 29.2 Å². The Bertz CT molecular complexity index is 1020. The Morgan fingerprint density at radius 1 is 0.862 bits per heavy atom. The van der Waals surface area contributed by atoms with E-state index >= 15 is 0 Å². The van der Waals surface area contributed by atoms with Crippen molar-refractivity contribution in [3.63, 3.8) is 0 Å². The molecule has 0 aliphatic rings. The largest absolute Gasteiger partial charge is 0.497 e. The van der Waals surface area contributed by atoms with Crippen molar-refractivity contribution in [1.82, 2.24) is 9.97 Å². The summed E-state index contributed by atoms with van der Waals surface area (Å²) in [6, 6.07) is 14.1. The molecule has 0 aliphatic carbocycles. The molecule has 1 amide bonds. The van der Waals surface area contributed by atoms with E-state index < -0.39 is 0 Å². The molecule has 0 unspecified atom stereocenters. The molecule has 0 fully saturated rings. The van der Waals surface area contributed by atoms with E-state index in [4.69, 9.17) is 14.2 Å². The van der Waals surface area contributed by atoms with Crippen LogP contribution in [0, 0.1) is 6.92 Å². The third-order valence-electron chi connectivity index (χ3n) is 4.05. The summed E-state index contributed by atoms with van der Waals surface area (Å²) in [7, 11) is 4.68. The minimum Gasteiger partial charge on any atom is -0.497 e. The van der Waals surface area contributed by atoms with E-state index in [9.17, 15) is 4.79 Å². The highest BCUT2D eigenvalue weighted by molar-refractivity contribution is 6.03. The van der Waals surface area contributed by atoms with Gasteiger partial charge in [-0.25, -0.2) is 9.97 Å². The van der Waals surface area contributed by atoms with Gasteiger partial charge in [-0.3, -0.25) is 4.79 Å². The number of carbonyl (C=O) groups excluding carboxylic acids is 1. The summed E-state index contributed by atoms with van der Waals surface area (Å²) in [5.74, 6) is 1.75. The highest BCUT2D eigenvalue weighted by Crippen LogP contribution is 2.30. The number of methoxy groups -OCH3 is 3. The molecule has 0 saturated heterocycles. The van der Waals surface area contributed by atoms with Crippen molar-refractivity contribution in [2.75, 3.05) is 32.0 Å². The van der Waals surface area contributed by atoms with Gasteiger partial charge in [0.05, 0.1) is 21.3 Å². The topological polar surface area (TPSA) is 94.6 Å². The number of ether oxygens (including phenoxy) is 3. The Morgan fingerprint density at radius 2 is 1.66 bits per heavy atom. The number of nitrogens with zero attached hydrogens (tertiary/aromatic N) is 2. The quantitative estimate of drug-likeness (QED) is 0.629. The van der Waals surface area contributed by atoms with E-state index in [1.807, 2.05) is 24.3 Å². The van der Waals surface area contributed by atoms with Crippen molar-refractivity contribution in [2.45, 2.75) is 6.92 Å². The van der Waals surface area contributed by atoms with Crippen molar-refractivity contribution in [2.24, 2.45) is 0 Å². The summed E-state index contributed by atoms with van der Waals surface area (Å²) in [6.07, 6.45) is 0. The van der Waals surface area contributed by atoms with Gasteiger partial charge in [-0.1, -0.05) is 6.07 Å². The number of hydrogen-bond acceptors (Lipinski definition) is 7. The smallest absolute Gasteiger partial charge is 0.274 e. The summed E-state index contributed by atoms with van der Waals surface area (Å²) in [6.45, 7) is 1.80. The standard InChI is InChI=1S/C21H22N4O4/c1-13-10-17(20(26)23-15-8-9-18(28-3)19(12-15)29-4)25-21(22-13)24-14-6-5-7-16(11-14)27-2/h5-12H,1-4H3,(H,23,26)(H,22,24,25). The number of hydrogen-bond donors (Lipinski definition) is 2. The van der Waals surface area contributed by atoms with E-state index in [2.05, 4.69) is 20.6 Å². The molecular weight excluding hydrogens is 372 g/mol. The Kier molecular flexibility index (Phi) is 6.13. The molecule has 2 N–H and O–H groups in total. The lowest BCUT2D eigenvalue weighted by Gasteiger charge is -2.11. The van der Waals surface area contributed by atoms with Crippen LogP contribution in [-0.4, -0.2) is 37.2 Å². The van der Waals surface area contributed by atoms with Crippen LogP contribution in [0.15, 0.2) is 48.5 Å². The van der Waals surface area contributed by atoms with E-state index in [-0.39, 0.29) is 11.6 Å². The van der Waals surface area contributed by atoms with Gasteiger partial charge >= 0.3 is 0 Å². The van der Waals surface area contributed by atoms with E-state index in [0.717, 1.165) is 5.69 Å². The van der Waals surface area contributed by atoms with Gasteiger partial charge in [-0.15, -0.1) is 0 Å². The Labute approximate surface area is 168 Å². The van der Waals surface area contributed by atoms with Crippen LogP contribution in [0.5, 0.6) is 17.2 Å². The Morgan fingerprint density at radius 3 is 2.38 bits per heavy atom. The molecular formula is C21H22N4O4. The van der Waals surface area contributed by atoms with Crippen molar-refractivity contribution in [1.29, 1.82) is 0 Å². The van der Waals surface area contributed by atoms with Gasteiger partial charge in [-0.05, 0) is 37.3 Å². The fourth-order valence-electron chi connectivity index (χ4n) is 2.68. The van der Waals surface area contributed by atoms with Crippen LogP contribution >= 0.6 is 0 Å². The molecule has 2 aromatic carbocycles. The number of anilines is 3. The van der Waals surface area contributed by atoms with Crippen molar-refractivity contribution in [3.05, 3.63) is 59.9 Å². The fraction of sp³-hybridized carbons (Fsp3) is 0.190. The normalized spacial score (nSPS) is 10.2. The number of nitrogens with one attached hydrogen (secondary N) is 2. The molecule has 8 nitrogen and oxygen atoms in total. The molecule has 0 spiro atoms. The molecule has 8 heteroatoms. The van der Waals surface area contributed by atoms with Gasteiger partial charge in [0.2, 0.25) is 5.95 Å². The lowest BCUT2D eigenvalue weighted by atomic mass is 10.2. The van der Waals surface area contributed by atoms with Crippen LogP contribution < -0.4 is 24.8 Å². The van der Waals surface area contributed by atoms with Crippen LogP contribution in [0.1, 0.15) is 16.2 Å². The molecule has 3 aromatic rings. The molecule has 0 aliphatic heterocycles. The molecule has 150 valence electrons. The summed E-state index contributed by atoms with van der Waals surface area (Å²) in [5.41, 5.74) is 2.20. The number of rotatable bonds is 7. The molecule has 0 saturated carbocycles. The van der Waals surface area contributed by atoms with Gasteiger partial charge in [0.15, 0.2) is 11.5 Å². The second kappa shape index (κ2) is 8.92. The third-order valence-corrected chi connectivity index (χ3v) is 4.05. The van der Waals surface area contributed by atoms with Gasteiger partial charge in [-0.2, -0.15) is 0 Å². The van der Waals surface area contributed by atoms with Gasteiger partial charge in [0.25, 0.3) is 5.91 Å². The lowest BCUT2D eigenvalue weighted by molar-refractivity contribution is 0.102. The average molecular weight is 394 g/mol. The highest BCUT2D eigenvalue weighted by atomic mass is 16.5. The van der Waals surface area contributed by atoms with Crippen LogP contribution in [0.4, 0.5) is 17.3 Å². The van der Waals surface area contributed by atoms with E-state index in [1.165, 1.54) is 7.11 Å². The van der Waals surface area contributed by atoms with Crippen LogP contribution in [-0.2, 0) is 0 Å². The first-order valence-corrected chi connectivity index (χ1v) is 8.82. The number of aromatic nitrogens is 2. The zero-order valence-corrected chi connectivity index (χ0v) is 16.6. The molecule has 3 rings (SSSR count). The maximum Gasteiger partial charge on any atom is 0.274 e. The average Bonchev–Trinajstić information content (AvgIpc) is 2.73. The zero-order chi connectivity index (χ0) is 20.8.